The highest BCUT2D eigenvalue weighted by molar-refractivity contribution is 7.11. The maximum atomic E-state index is 5.63. The average Bonchev–Trinajstić information content (AvgIpc) is 2.34. The van der Waals surface area contributed by atoms with Crippen molar-refractivity contribution >= 4 is 22.9 Å². The Morgan fingerprint density at radius 1 is 1.64 bits per heavy atom. The summed E-state index contributed by atoms with van der Waals surface area (Å²) in [6.45, 7) is 0.904. The van der Waals surface area contributed by atoms with Gasteiger partial charge in [-0.05, 0) is 14.1 Å². The third kappa shape index (κ3) is 2.77. The number of alkyl halides is 1. The summed E-state index contributed by atoms with van der Waals surface area (Å²) in [5.74, 6) is 0.574. The van der Waals surface area contributed by atoms with Gasteiger partial charge in [0, 0.05) is 17.6 Å². The highest BCUT2D eigenvalue weighted by Crippen LogP contribution is 2.15. The zero-order valence-corrected chi connectivity index (χ0v) is 8.24. The van der Waals surface area contributed by atoms with Crippen LogP contribution in [0.15, 0.2) is 6.20 Å². The standard InChI is InChI=1S/C7H11ClN2S/c1-10(2)5-7-9-4-6(3-8)11-7/h4H,3,5H2,1-2H3. The zero-order chi connectivity index (χ0) is 8.27. The van der Waals surface area contributed by atoms with E-state index in [2.05, 4.69) is 9.88 Å². The average molecular weight is 191 g/mol. The molecule has 62 valence electrons. The van der Waals surface area contributed by atoms with Crippen LogP contribution in [-0.4, -0.2) is 24.0 Å². The minimum absolute atomic E-state index is 0.574. The number of aromatic nitrogens is 1. The fourth-order valence-corrected chi connectivity index (χ4v) is 1.88. The van der Waals surface area contributed by atoms with Crippen molar-refractivity contribution in [1.29, 1.82) is 0 Å². The molecule has 0 spiro atoms. The molecule has 0 radical (unpaired) electrons. The van der Waals surface area contributed by atoms with Gasteiger partial charge in [0.2, 0.25) is 0 Å². The number of thiazole rings is 1. The van der Waals surface area contributed by atoms with E-state index in [1.165, 1.54) is 0 Å². The van der Waals surface area contributed by atoms with Crippen molar-refractivity contribution in [2.24, 2.45) is 0 Å². The van der Waals surface area contributed by atoms with Crippen molar-refractivity contribution in [3.8, 4) is 0 Å². The Morgan fingerprint density at radius 3 is 2.82 bits per heavy atom. The highest BCUT2D eigenvalue weighted by Gasteiger charge is 2.00. The third-order valence-electron chi connectivity index (χ3n) is 1.18. The second kappa shape index (κ2) is 4.04. The molecule has 0 atom stereocenters. The Labute approximate surface area is 75.8 Å². The molecule has 1 heterocycles. The van der Waals surface area contributed by atoms with Gasteiger partial charge < -0.3 is 4.90 Å². The summed E-state index contributed by atoms with van der Waals surface area (Å²) >= 11 is 7.31. The van der Waals surface area contributed by atoms with Gasteiger partial charge in [0.1, 0.15) is 5.01 Å². The lowest BCUT2D eigenvalue weighted by molar-refractivity contribution is 0.401. The topological polar surface area (TPSA) is 16.1 Å². The van der Waals surface area contributed by atoms with Crippen LogP contribution in [0.2, 0.25) is 0 Å². The van der Waals surface area contributed by atoms with E-state index < -0.39 is 0 Å². The van der Waals surface area contributed by atoms with Crippen LogP contribution in [0, 0.1) is 0 Å². The first-order valence-corrected chi connectivity index (χ1v) is 4.71. The molecule has 2 nitrogen and oxygen atoms in total. The number of hydrogen-bond acceptors (Lipinski definition) is 3. The molecule has 0 fully saturated rings. The van der Waals surface area contributed by atoms with Gasteiger partial charge in [-0.25, -0.2) is 4.98 Å². The first-order valence-electron chi connectivity index (χ1n) is 3.36. The third-order valence-corrected chi connectivity index (χ3v) is 2.61. The number of rotatable bonds is 3. The Hall–Kier alpha value is -0.120. The van der Waals surface area contributed by atoms with Gasteiger partial charge in [-0.1, -0.05) is 0 Å². The van der Waals surface area contributed by atoms with Crippen molar-refractivity contribution in [2.75, 3.05) is 14.1 Å². The van der Waals surface area contributed by atoms with Crippen molar-refractivity contribution in [1.82, 2.24) is 9.88 Å². The molecule has 4 heteroatoms. The molecule has 0 saturated carbocycles. The van der Waals surface area contributed by atoms with Crippen molar-refractivity contribution < 1.29 is 0 Å². The van der Waals surface area contributed by atoms with E-state index >= 15 is 0 Å². The van der Waals surface area contributed by atoms with Crippen molar-refractivity contribution in [3.63, 3.8) is 0 Å². The highest BCUT2D eigenvalue weighted by atomic mass is 35.5. The predicted octanol–water partition coefficient (Wildman–Crippen LogP) is 1.94. The summed E-state index contributed by atoms with van der Waals surface area (Å²) in [4.78, 5) is 7.46. The lowest BCUT2D eigenvalue weighted by Gasteiger charge is -2.04. The van der Waals surface area contributed by atoms with Crippen LogP contribution in [0.4, 0.5) is 0 Å². The van der Waals surface area contributed by atoms with Gasteiger partial charge >= 0.3 is 0 Å². The summed E-state index contributed by atoms with van der Waals surface area (Å²) in [7, 11) is 4.06. The van der Waals surface area contributed by atoms with Crippen LogP contribution in [0.1, 0.15) is 9.88 Å². The summed E-state index contributed by atoms with van der Waals surface area (Å²) in [5.41, 5.74) is 0. The molecule has 0 amide bonds. The van der Waals surface area contributed by atoms with Crippen LogP contribution in [-0.2, 0) is 12.4 Å². The molecule has 0 unspecified atom stereocenters. The van der Waals surface area contributed by atoms with Gasteiger partial charge in [0.05, 0.1) is 5.88 Å². The zero-order valence-electron chi connectivity index (χ0n) is 6.67. The Balaban J connectivity index is 2.58. The van der Waals surface area contributed by atoms with E-state index in [-0.39, 0.29) is 0 Å². The van der Waals surface area contributed by atoms with E-state index in [0.717, 1.165) is 16.4 Å². The maximum absolute atomic E-state index is 5.63. The molecule has 0 N–H and O–H groups in total. The summed E-state index contributed by atoms with van der Waals surface area (Å²) in [5, 5.41) is 1.13. The summed E-state index contributed by atoms with van der Waals surface area (Å²) < 4.78 is 0. The molecule has 0 aromatic carbocycles. The number of nitrogens with zero attached hydrogens (tertiary/aromatic N) is 2. The van der Waals surface area contributed by atoms with Crippen LogP contribution in [0.25, 0.3) is 0 Å². The number of halogens is 1. The largest absolute Gasteiger partial charge is 0.303 e. The van der Waals surface area contributed by atoms with Crippen LogP contribution < -0.4 is 0 Å². The summed E-state index contributed by atoms with van der Waals surface area (Å²) in [6, 6.07) is 0. The minimum atomic E-state index is 0.574. The predicted molar refractivity (Wildman–Crippen MR) is 49.1 cm³/mol. The fraction of sp³-hybridized carbons (Fsp3) is 0.571. The lowest BCUT2D eigenvalue weighted by atomic mass is 10.6. The molecule has 0 aliphatic carbocycles. The molecule has 0 aliphatic rings. The molecule has 1 aromatic rings. The first-order chi connectivity index (χ1) is 5.22. The van der Waals surface area contributed by atoms with E-state index in [1.807, 2.05) is 20.3 Å². The molecule has 1 rings (SSSR count). The minimum Gasteiger partial charge on any atom is -0.303 e. The molecule has 0 saturated heterocycles. The SMILES string of the molecule is CN(C)Cc1ncc(CCl)s1. The second-order valence-corrected chi connectivity index (χ2v) is 4.06. The van der Waals surface area contributed by atoms with E-state index in [4.69, 9.17) is 11.6 Å². The molecular weight excluding hydrogens is 180 g/mol. The molecule has 1 aromatic heterocycles. The van der Waals surface area contributed by atoms with E-state index in [0.29, 0.717) is 5.88 Å². The fourth-order valence-electron chi connectivity index (χ4n) is 0.753. The monoisotopic (exact) mass is 190 g/mol. The van der Waals surface area contributed by atoms with Crippen LogP contribution in [0.3, 0.4) is 0 Å². The number of hydrogen-bond donors (Lipinski definition) is 0. The van der Waals surface area contributed by atoms with Gasteiger partial charge in [0.15, 0.2) is 0 Å². The maximum Gasteiger partial charge on any atom is 0.107 e. The molecule has 11 heavy (non-hydrogen) atoms. The van der Waals surface area contributed by atoms with Crippen molar-refractivity contribution in [3.05, 3.63) is 16.1 Å². The normalized spacial score (nSPS) is 10.9. The Bertz CT molecular complexity index is 222. The first kappa shape index (κ1) is 8.97. The lowest BCUT2D eigenvalue weighted by Crippen LogP contribution is -2.09. The summed E-state index contributed by atoms with van der Waals surface area (Å²) in [6.07, 6.45) is 1.84. The van der Waals surface area contributed by atoms with Crippen LogP contribution in [0.5, 0.6) is 0 Å². The van der Waals surface area contributed by atoms with Gasteiger partial charge in [-0.3, -0.25) is 0 Å². The van der Waals surface area contributed by atoms with Crippen molar-refractivity contribution in [2.45, 2.75) is 12.4 Å². The van der Waals surface area contributed by atoms with E-state index in [9.17, 15) is 0 Å². The van der Waals surface area contributed by atoms with Gasteiger partial charge in [0.25, 0.3) is 0 Å². The van der Waals surface area contributed by atoms with Crippen LogP contribution >= 0.6 is 22.9 Å². The molecule has 0 aliphatic heterocycles. The smallest absolute Gasteiger partial charge is 0.107 e. The Morgan fingerprint density at radius 2 is 2.36 bits per heavy atom. The quantitative estimate of drug-likeness (QED) is 0.678. The van der Waals surface area contributed by atoms with E-state index in [1.54, 1.807) is 11.3 Å². The second-order valence-electron chi connectivity index (χ2n) is 2.59. The Kier molecular flexibility index (Phi) is 3.30. The van der Waals surface area contributed by atoms with Gasteiger partial charge in [-0.15, -0.1) is 22.9 Å². The molecular formula is C7H11ClN2S. The molecule has 0 bridgehead atoms. The van der Waals surface area contributed by atoms with Gasteiger partial charge in [-0.2, -0.15) is 0 Å².